The zero-order valence-electron chi connectivity index (χ0n) is 17.7. The first-order valence-corrected chi connectivity index (χ1v) is 10.0. The van der Waals surface area contributed by atoms with Crippen molar-refractivity contribution in [2.24, 2.45) is 0 Å². The van der Waals surface area contributed by atoms with E-state index in [1.54, 1.807) is 30.3 Å². The molecule has 0 unspecified atom stereocenters. The van der Waals surface area contributed by atoms with E-state index >= 15 is 0 Å². The Balaban J connectivity index is 1.43. The van der Waals surface area contributed by atoms with Gasteiger partial charge in [-0.2, -0.15) is 8.78 Å². The quantitative estimate of drug-likeness (QED) is 0.453. The minimum atomic E-state index is -1.79. The molecule has 1 saturated heterocycles. The minimum Gasteiger partial charge on any atom is -0.479 e. The normalized spacial score (nSPS) is 13.6. The fourth-order valence-corrected chi connectivity index (χ4v) is 3.12. The van der Waals surface area contributed by atoms with Crippen LogP contribution in [0.3, 0.4) is 0 Å². The Bertz CT molecular complexity index is 1090. The summed E-state index contributed by atoms with van der Waals surface area (Å²) in [5.41, 5.74) is 0.433. The average molecular weight is 481 g/mol. The smallest absolute Gasteiger partial charge is 0.254 e. The van der Waals surface area contributed by atoms with Gasteiger partial charge in [0.05, 0.1) is 13.1 Å². The van der Waals surface area contributed by atoms with E-state index in [0.717, 1.165) is 0 Å². The molecule has 1 fully saturated rings. The number of carbonyl (C=O) groups is 4. The van der Waals surface area contributed by atoms with Crippen LogP contribution in [-0.2, 0) is 14.4 Å². The summed E-state index contributed by atoms with van der Waals surface area (Å²) < 4.78 is 57.9. The maximum absolute atomic E-state index is 13.5. The molecular formula is C22H19F4N3O5. The van der Waals surface area contributed by atoms with Crippen LogP contribution in [0.4, 0.5) is 17.6 Å². The zero-order chi connectivity index (χ0) is 24.8. The standard InChI is InChI=1S/C22H19F4N3O5/c23-15-8-16(24)20(26)21(19(15)25)34-12-14(30)9-27-17(31)10-28-6-7-29(11-18(28)32)22(33)13-4-2-1-3-5-13/h1-5,8H,6-7,9-12H2,(H,27,31). The predicted octanol–water partition coefficient (Wildman–Crippen LogP) is 1.29. The molecule has 1 heterocycles. The SMILES string of the molecule is O=C(CNC(=O)CN1CCN(C(=O)c2ccccc2)CC1=O)COc1c(F)c(F)cc(F)c1F. The van der Waals surface area contributed by atoms with Crippen LogP contribution in [0.2, 0.25) is 0 Å². The maximum atomic E-state index is 13.5. The van der Waals surface area contributed by atoms with Gasteiger partial charge in [-0.3, -0.25) is 19.2 Å². The molecule has 2 aromatic carbocycles. The number of nitrogens with one attached hydrogen (secondary N) is 1. The van der Waals surface area contributed by atoms with E-state index < -0.39 is 59.8 Å². The molecule has 3 rings (SSSR count). The first kappa shape index (κ1) is 24.7. The Morgan fingerprint density at radius 1 is 0.971 bits per heavy atom. The van der Waals surface area contributed by atoms with Crippen LogP contribution >= 0.6 is 0 Å². The van der Waals surface area contributed by atoms with E-state index in [0.29, 0.717) is 5.56 Å². The van der Waals surface area contributed by atoms with E-state index in [-0.39, 0.29) is 38.2 Å². The number of Topliss-reactive ketones (excluding diaryl/α,β-unsaturated/α-hetero) is 1. The summed E-state index contributed by atoms with van der Waals surface area (Å²) in [5.74, 6) is -10.7. The second-order valence-corrected chi connectivity index (χ2v) is 7.31. The maximum Gasteiger partial charge on any atom is 0.254 e. The Morgan fingerprint density at radius 2 is 1.62 bits per heavy atom. The third kappa shape index (κ3) is 5.88. The first-order chi connectivity index (χ1) is 16.2. The van der Waals surface area contributed by atoms with Gasteiger partial charge in [-0.05, 0) is 12.1 Å². The third-order valence-electron chi connectivity index (χ3n) is 4.89. The molecule has 1 N–H and O–H groups in total. The van der Waals surface area contributed by atoms with E-state index in [2.05, 4.69) is 10.1 Å². The molecule has 1 aliphatic heterocycles. The second-order valence-electron chi connectivity index (χ2n) is 7.31. The summed E-state index contributed by atoms with van der Waals surface area (Å²) in [4.78, 5) is 51.2. The van der Waals surface area contributed by atoms with Gasteiger partial charge in [-0.1, -0.05) is 18.2 Å². The van der Waals surface area contributed by atoms with E-state index in [1.807, 2.05) is 0 Å². The lowest BCUT2D eigenvalue weighted by atomic mass is 10.2. The van der Waals surface area contributed by atoms with Gasteiger partial charge in [0.25, 0.3) is 5.91 Å². The Labute approximate surface area is 191 Å². The number of amides is 3. The monoisotopic (exact) mass is 481 g/mol. The summed E-state index contributed by atoms with van der Waals surface area (Å²) in [6.45, 7) is -1.85. The van der Waals surface area contributed by atoms with Crippen molar-refractivity contribution in [3.05, 3.63) is 65.2 Å². The number of halogens is 4. The van der Waals surface area contributed by atoms with Crippen LogP contribution in [0, 0.1) is 23.3 Å². The van der Waals surface area contributed by atoms with Crippen molar-refractivity contribution in [1.82, 2.24) is 15.1 Å². The van der Waals surface area contributed by atoms with Gasteiger partial charge in [-0.15, -0.1) is 0 Å². The molecule has 0 aromatic heterocycles. The number of ketones is 1. The number of carbonyl (C=O) groups excluding carboxylic acids is 4. The van der Waals surface area contributed by atoms with Crippen molar-refractivity contribution in [2.75, 3.05) is 39.3 Å². The number of piperazine rings is 1. The summed E-state index contributed by atoms with van der Waals surface area (Å²) >= 11 is 0. The highest BCUT2D eigenvalue weighted by atomic mass is 19.2. The van der Waals surface area contributed by atoms with Crippen molar-refractivity contribution >= 4 is 23.5 Å². The van der Waals surface area contributed by atoms with Crippen molar-refractivity contribution in [3.8, 4) is 5.75 Å². The van der Waals surface area contributed by atoms with Gasteiger partial charge < -0.3 is 19.9 Å². The largest absolute Gasteiger partial charge is 0.479 e. The van der Waals surface area contributed by atoms with Crippen LogP contribution in [0.25, 0.3) is 0 Å². The summed E-state index contributed by atoms with van der Waals surface area (Å²) in [7, 11) is 0. The number of nitrogens with zero attached hydrogens (tertiary/aromatic N) is 2. The lowest BCUT2D eigenvalue weighted by molar-refractivity contribution is -0.139. The molecule has 8 nitrogen and oxygen atoms in total. The van der Waals surface area contributed by atoms with E-state index in [1.165, 1.54) is 9.80 Å². The summed E-state index contributed by atoms with van der Waals surface area (Å²) in [6, 6.07) is 8.41. The van der Waals surface area contributed by atoms with Gasteiger partial charge in [-0.25, -0.2) is 8.78 Å². The van der Waals surface area contributed by atoms with Crippen molar-refractivity contribution in [2.45, 2.75) is 0 Å². The molecule has 0 atom stereocenters. The van der Waals surface area contributed by atoms with Crippen molar-refractivity contribution in [3.63, 3.8) is 0 Å². The molecule has 12 heteroatoms. The lowest BCUT2D eigenvalue weighted by Gasteiger charge is -2.34. The molecule has 1 aliphatic rings. The number of ether oxygens (including phenoxy) is 1. The number of rotatable bonds is 8. The zero-order valence-corrected chi connectivity index (χ0v) is 17.7. The first-order valence-electron chi connectivity index (χ1n) is 10.0. The number of hydrogen-bond acceptors (Lipinski definition) is 5. The molecule has 180 valence electrons. The fourth-order valence-electron chi connectivity index (χ4n) is 3.12. The second kappa shape index (κ2) is 10.8. The molecule has 0 aliphatic carbocycles. The van der Waals surface area contributed by atoms with Crippen molar-refractivity contribution < 1.29 is 41.5 Å². The fraction of sp³-hybridized carbons (Fsp3) is 0.273. The molecule has 34 heavy (non-hydrogen) atoms. The molecule has 0 radical (unpaired) electrons. The van der Waals surface area contributed by atoms with Gasteiger partial charge in [0.2, 0.25) is 23.4 Å². The highest BCUT2D eigenvalue weighted by Crippen LogP contribution is 2.26. The van der Waals surface area contributed by atoms with Crippen LogP contribution in [-0.4, -0.2) is 72.6 Å². The highest BCUT2D eigenvalue weighted by Gasteiger charge is 2.29. The topological polar surface area (TPSA) is 96.0 Å². The van der Waals surface area contributed by atoms with Gasteiger partial charge in [0.15, 0.2) is 23.2 Å². The number of benzene rings is 2. The summed E-state index contributed by atoms with van der Waals surface area (Å²) in [6.07, 6.45) is 0. The Hall–Kier alpha value is -3.96. The van der Waals surface area contributed by atoms with Gasteiger partial charge >= 0.3 is 0 Å². The lowest BCUT2D eigenvalue weighted by Crippen LogP contribution is -2.54. The van der Waals surface area contributed by atoms with Crippen LogP contribution in [0.5, 0.6) is 5.75 Å². The van der Waals surface area contributed by atoms with Gasteiger partial charge in [0.1, 0.15) is 13.2 Å². The highest BCUT2D eigenvalue weighted by molar-refractivity contribution is 5.97. The summed E-state index contributed by atoms with van der Waals surface area (Å²) in [5, 5.41) is 2.22. The molecule has 0 bridgehead atoms. The Kier molecular flexibility index (Phi) is 7.82. The third-order valence-corrected chi connectivity index (χ3v) is 4.89. The van der Waals surface area contributed by atoms with Crippen molar-refractivity contribution in [1.29, 1.82) is 0 Å². The predicted molar refractivity (Wildman–Crippen MR) is 109 cm³/mol. The molecule has 0 spiro atoms. The Morgan fingerprint density at radius 3 is 2.24 bits per heavy atom. The van der Waals surface area contributed by atoms with Crippen LogP contribution < -0.4 is 10.1 Å². The van der Waals surface area contributed by atoms with E-state index in [4.69, 9.17) is 0 Å². The average Bonchev–Trinajstić information content (AvgIpc) is 2.83. The number of hydrogen-bond donors (Lipinski definition) is 1. The molecule has 0 saturated carbocycles. The molecule has 3 amide bonds. The molecular weight excluding hydrogens is 462 g/mol. The van der Waals surface area contributed by atoms with E-state index in [9.17, 15) is 36.7 Å². The molecule has 2 aromatic rings. The van der Waals surface area contributed by atoms with Crippen LogP contribution in [0.1, 0.15) is 10.4 Å². The minimum absolute atomic E-state index is 0.00173. The van der Waals surface area contributed by atoms with Crippen LogP contribution in [0.15, 0.2) is 36.4 Å². The van der Waals surface area contributed by atoms with Gasteiger partial charge in [0, 0.05) is 24.7 Å².